The molecule has 1 aliphatic heterocycles. The molecule has 29 heavy (non-hydrogen) atoms. The van der Waals surface area contributed by atoms with Crippen LogP contribution in [0.1, 0.15) is 51.0 Å². The first-order chi connectivity index (χ1) is 13.9. The molecule has 0 radical (unpaired) electrons. The molecule has 0 aliphatic carbocycles. The van der Waals surface area contributed by atoms with E-state index in [0.717, 1.165) is 31.2 Å². The second-order valence-electron chi connectivity index (χ2n) is 7.87. The van der Waals surface area contributed by atoms with Crippen LogP contribution in [0.25, 0.3) is 0 Å². The van der Waals surface area contributed by atoms with Crippen molar-refractivity contribution in [1.82, 2.24) is 4.90 Å². The third-order valence-electron chi connectivity index (χ3n) is 5.42. The molecule has 0 saturated carbocycles. The van der Waals surface area contributed by atoms with Gasteiger partial charge in [-0.2, -0.15) is 0 Å². The van der Waals surface area contributed by atoms with Gasteiger partial charge in [-0.05, 0) is 48.6 Å². The average Bonchev–Trinajstić information content (AvgIpc) is 3.02. The summed E-state index contributed by atoms with van der Waals surface area (Å²) < 4.78 is 28.0. The van der Waals surface area contributed by atoms with Crippen LogP contribution < -0.4 is 4.31 Å². The molecule has 0 atom stereocenters. The molecule has 1 amide bonds. The number of likely N-dealkylation sites (tertiary alicyclic amines) is 1. The predicted octanol–water partition coefficient (Wildman–Crippen LogP) is 4.41. The molecule has 156 valence electrons. The number of hydrogen-bond acceptors (Lipinski definition) is 3. The number of benzene rings is 2. The van der Waals surface area contributed by atoms with Crippen molar-refractivity contribution in [2.45, 2.75) is 50.3 Å². The van der Waals surface area contributed by atoms with Crippen molar-refractivity contribution in [2.75, 3.05) is 23.9 Å². The zero-order valence-corrected chi connectivity index (χ0v) is 18.1. The van der Waals surface area contributed by atoms with Crippen LogP contribution in [-0.2, 0) is 14.8 Å². The molecule has 0 bridgehead atoms. The summed E-state index contributed by atoms with van der Waals surface area (Å²) in [5, 5.41) is 0. The highest BCUT2D eigenvalue weighted by Crippen LogP contribution is 2.26. The van der Waals surface area contributed by atoms with Crippen molar-refractivity contribution in [3.63, 3.8) is 0 Å². The summed E-state index contributed by atoms with van der Waals surface area (Å²) in [4.78, 5) is 15.0. The van der Waals surface area contributed by atoms with E-state index in [0.29, 0.717) is 24.7 Å². The molecular weight excluding hydrogens is 384 g/mol. The normalized spacial score (nSPS) is 15.2. The molecule has 3 rings (SSSR count). The van der Waals surface area contributed by atoms with Gasteiger partial charge >= 0.3 is 0 Å². The number of carbonyl (C=O) groups excluding carboxylic acids is 1. The maximum absolute atomic E-state index is 13.4. The van der Waals surface area contributed by atoms with Crippen LogP contribution in [0.5, 0.6) is 0 Å². The lowest BCUT2D eigenvalue weighted by atomic mass is 10.0. The third kappa shape index (κ3) is 5.18. The van der Waals surface area contributed by atoms with Gasteiger partial charge in [-0.1, -0.05) is 57.0 Å². The van der Waals surface area contributed by atoms with Gasteiger partial charge in [-0.3, -0.25) is 9.10 Å². The Morgan fingerprint density at radius 2 is 1.52 bits per heavy atom. The zero-order chi connectivity index (χ0) is 20.9. The van der Waals surface area contributed by atoms with E-state index in [1.807, 2.05) is 17.0 Å². The molecule has 1 heterocycles. The van der Waals surface area contributed by atoms with Crippen molar-refractivity contribution in [2.24, 2.45) is 0 Å². The zero-order valence-electron chi connectivity index (χ0n) is 17.3. The summed E-state index contributed by atoms with van der Waals surface area (Å²) in [5.74, 6) is 0.210. The number of sulfonamides is 1. The van der Waals surface area contributed by atoms with Gasteiger partial charge in [-0.15, -0.1) is 0 Å². The van der Waals surface area contributed by atoms with E-state index in [4.69, 9.17) is 0 Å². The van der Waals surface area contributed by atoms with E-state index in [1.165, 1.54) is 4.31 Å². The van der Waals surface area contributed by atoms with E-state index in [-0.39, 0.29) is 17.3 Å². The lowest BCUT2D eigenvalue weighted by Gasteiger charge is -2.28. The van der Waals surface area contributed by atoms with Crippen molar-refractivity contribution in [3.05, 3.63) is 60.2 Å². The summed E-state index contributed by atoms with van der Waals surface area (Å²) in [6.07, 6.45) is 4.18. The van der Waals surface area contributed by atoms with E-state index >= 15 is 0 Å². The van der Waals surface area contributed by atoms with E-state index in [9.17, 15) is 13.2 Å². The van der Waals surface area contributed by atoms with Crippen LogP contribution in [0.3, 0.4) is 0 Å². The number of anilines is 1. The lowest BCUT2D eigenvalue weighted by molar-refractivity contribution is -0.129. The lowest BCUT2D eigenvalue weighted by Crippen LogP contribution is -2.43. The predicted molar refractivity (Wildman–Crippen MR) is 117 cm³/mol. The molecule has 0 spiro atoms. The Morgan fingerprint density at radius 1 is 0.931 bits per heavy atom. The first-order valence-electron chi connectivity index (χ1n) is 10.3. The van der Waals surface area contributed by atoms with Gasteiger partial charge in [0.05, 0.1) is 10.6 Å². The standard InChI is InChI=1S/C23H30N2O3S/c1-19(2)20-12-14-21(15-13-20)25(29(27,28)22-10-6-5-7-11-22)18-23(26)24-16-8-3-4-9-17-24/h5-7,10-15,19H,3-4,8-9,16-18H2,1-2H3. The fourth-order valence-corrected chi connectivity index (χ4v) is 5.04. The van der Waals surface area contributed by atoms with Gasteiger partial charge in [-0.25, -0.2) is 8.42 Å². The number of hydrogen-bond donors (Lipinski definition) is 0. The summed E-state index contributed by atoms with van der Waals surface area (Å²) in [7, 11) is -3.84. The van der Waals surface area contributed by atoms with Crippen molar-refractivity contribution < 1.29 is 13.2 Å². The second kappa shape index (κ2) is 9.44. The molecule has 1 saturated heterocycles. The minimum atomic E-state index is -3.84. The largest absolute Gasteiger partial charge is 0.341 e. The minimum absolute atomic E-state index is 0.139. The summed E-state index contributed by atoms with van der Waals surface area (Å²) in [6.45, 7) is 5.40. The molecule has 2 aromatic rings. The van der Waals surface area contributed by atoms with Gasteiger partial charge in [0.2, 0.25) is 5.91 Å². The molecule has 1 aliphatic rings. The van der Waals surface area contributed by atoms with Crippen LogP contribution in [0.2, 0.25) is 0 Å². The summed E-state index contributed by atoms with van der Waals surface area (Å²) in [6, 6.07) is 15.8. The molecule has 0 aromatic heterocycles. The van der Waals surface area contributed by atoms with E-state index < -0.39 is 10.0 Å². The number of rotatable bonds is 6. The van der Waals surface area contributed by atoms with Crippen LogP contribution in [0.4, 0.5) is 5.69 Å². The highest BCUT2D eigenvalue weighted by molar-refractivity contribution is 7.92. The Balaban J connectivity index is 1.94. The topological polar surface area (TPSA) is 57.7 Å². The van der Waals surface area contributed by atoms with Gasteiger partial charge in [0.25, 0.3) is 10.0 Å². The fraction of sp³-hybridized carbons (Fsp3) is 0.435. The minimum Gasteiger partial charge on any atom is -0.341 e. The highest BCUT2D eigenvalue weighted by atomic mass is 32.2. The Kier molecular flexibility index (Phi) is 6.96. The van der Waals surface area contributed by atoms with Gasteiger partial charge in [0.1, 0.15) is 6.54 Å². The third-order valence-corrected chi connectivity index (χ3v) is 7.20. The Labute approximate surface area is 174 Å². The quantitative estimate of drug-likeness (QED) is 0.704. The SMILES string of the molecule is CC(C)c1ccc(N(CC(=O)N2CCCCCC2)S(=O)(=O)c2ccccc2)cc1. The first-order valence-corrected chi connectivity index (χ1v) is 11.8. The smallest absolute Gasteiger partial charge is 0.264 e. The van der Waals surface area contributed by atoms with Crippen molar-refractivity contribution in [1.29, 1.82) is 0 Å². The summed E-state index contributed by atoms with van der Waals surface area (Å²) >= 11 is 0. The van der Waals surface area contributed by atoms with E-state index in [1.54, 1.807) is 42.5 Å². The maximum Gasteiger partial charge on any atom is 0.264 e. The first kappa shape index (κ1) is 21.4. The highest BCUT2D eigenvalue weighted by Gasteiger charge is 2.29. The molecule has 6 heteroatoms. The Bertz CT molecular complexity index is 901. The van der Waals surface area contributed by atoms with Crippen molar-refractivity contribution >= 4 is 21.6 Å². The molecule has 5 nitrogen and oxygen atoms in total. The van der Waals surface area contributed by atoms with Crippen molar-refractivity contribution in [3.8, 4) is 0 Å². The number of amides is 1. The van der Waals surface area contributed by atoms with Gasteiger partial charge in [0, 0.05) is 13.1 Å². The molecule has 2 aromatic carbocycles. The van der Waals surface area contributed by atoms with Crippen LogP contribution in [-0.4, -0.2) is 38.9 Å². The number of nitrogens with zero attached hydrogens (tertiary/aromatic N) is 2. The molecule has 1 fully saturated rings. The van der Waals surface area contributed by atoms with E-state index in [2.05, 4.69) is 13.8 Å². The fourth-order valence-electron chi connectivity index (χ4n) is 3.60. The maximum atomic E-state index is 13.4. The Morgan fingerprint density at radius 3 is 2.07 bits per heavy atom. The molecule has 0 N–H and O–H groups in total. The molecular formula is C23H30N2O3S. The van der Waals surface area contributed by atoms with Gasteiger partial charge < -0.3 is 4.90 Å². The average molecular weight is 415 g/mol. The van der Waals surface area contributed by atoms with Crippen LogP contribution in [0, 0.1) is 0 Å². The molecule has 0 unspecified atom stereocenters. The monoisotopic (exact) mass is 414 g/mol. The van der Waals surface area contributed by atoms with Crippen LogP contribution >= 0.6 is 0 Å². The Hall–Kier alpha value is -2.34. The number of carbonyl (C=O) groups is 1. The summed E-state index contributed by atoms with van der Waals surface area (Å²) in [5.41, 5.74) is 1.64. The van der Waals surface area contributed by atoms with Gasteiger partial charge in [0.15, 0.2) is 0 Å². The second-order valence-corrected chi connectivity index (χ2v) is 9.73. The van der Waals surface area contributed by atoms with Crippen LogP contribution in [0.15, 0.2) is 59.5 Å².